The molecule has 1 amide bonds. The summed E-state index contributed by atoms with van der Waals surface area (Å²) in [5, 5.41) is 8.57. The quantitative estimate of drug-likeness (QED) is 0.810. The number of aliphatic carboxylic acids is 1. The fourth-order valence-electron chi connectivity index (χ4n) is 2.34. The fourth-order valence-corrected chi connectivity index (χ4v) is 2.34. The van der Waals surface area contributed by atoms with E-state index in [9.17, 15) is 9.59 Å². The predicted octanol–water partition coefficient (Wildman–Crippen LogP) is 1.27. The Balaban J connectivity index is 2.64. The molecule has 0 aliphatic carbocycles. The molecule has 17 heavy (non-hydrogen) atoms. The smallest absolute Gasteiger partial charge is 0.303 e. The van der Waals surface area contributed by atoms with Gasteiger partial charge in [0.2, 0.25) is 5.91 Å². The fraction of sp³-hybridized carbons (Fsp3) is 0.833. The van der Waals surface area contributed by atoms with Crippen LogP contribution < -0.4 is 0 Å². The number of carbonyl (C=O) groups excluding carboxylic acids is 1. The van der Waals surface area contributed by atoms with E-state index in [0.717, 1.165) is 0 Å². The second-order valence-corrected chi connectivity index (χ2v) is 5.76. The molecular formula is C12H21NO4. The second kappa shape index (κ2) is 4.64. The standard InChI is InChI=1S/C12H21NO4/c1-11(2)7-13(8-12(3,4)17-11)9(14)5-6-10(15)16/h5-8H2,1-4H3,(H,15,16). The molecule has 0 spiro atoms. The number of ether oxygens (including phenoxy) is 1. The molecular weight excluding hydrogens is 222 g/mol. The molecule has 1 N–H and O–H groups in total. The number of amides is 1. The molecule has 0 bridgehead atoms. The highest BCUT2D eigenvalue weighted by atomic mass is 16.5. The van der Waals surface area contributed by atoms with Gasteiger partial charge in [-0.2, -0.15) is 0 Å². The third-order valence-corrected chi connectivity index (χ3v) is 2.60. The van der Waals surface area contributed by atoms with Crippen molar-refractivity contribution in [3.63, 3.8) is 0 Å². The normalized spacial score (nSPS) is 22.2. The number of morpholine rings is 1. The third-order valence-electron chi connectivity index (χ3n) is 2.60. The summed E-state index contributed by atoms with van der Waals surface area (Å²) in [7, 11) is 0. The summed E-state index contributed by atoms with van der Waals surface area (Å²) in [6.07, 6.45) is -0.0570. The first-order valence-corrected chi connectivity index (χ1v) is 5.81. The monoisotopic (exact) mass is 243 g/mol. The average molecular weight is 243 g/mol. The number of carbonyl (C=O) groups is 2. The lowest BCUT2D eigenvalue weighted by Gasteiger charge is -2.47. The highest BCUT2D eigenvalue weighted by molar-refractivity contribution is 5.80. The maximum absolute atomic E-state index is 11.9. The number of carboxylic acids is 1. The van der Waals surface area contributed by atoms with Crippen LogP contribution in [-0.4, -0.2) is 46.2 Å². The lowest BCUT2D eigenvalue weighted by Crippen LogP contribution is -2.58. The molecule has 1 fully saturated rings. The zero-order valence-corrected chi connectivity index (χ0v) is 10.9. The average Bonchev–Trinajstić information content (AvgIpc) is 2.08. The van der Waals surface area contributed by atoms with E-state index in [2.05, 4.69) is 0 Å². The van der Waals surface area contributed by atoms with E-state index in [4.69, 9.17) is 9.84 Å². The Morgan fingerprint density at radius 2 is 1.59 bits per heavy atom. The van der Waals surface area contributed by atoms with Gasteiger partial charge in [-0.25, -0.2) is 0 Å². The number of hydrogen-bond acceptors (Lipinski definition) is 3. The van der Waals surface area contributed by atoms with Gasteiger partial charge in [0.25, 0.3) is 0 Å². The highest BCUT2D eigenvalue weighted by Gasteiger charge is 2.39. The number of hydrogen-bond donors (Lipinski definition) is 1. The van der Waals surface area contributed by atoms with Crippen LogP contribution in [0.4, 0.5) is 0 Å². The molecule has 0 unspecified atom stereocenters. The van der Waals surface area contributed by atoms with E-state index >= 15 is 0 Å². The predicted molar refractivity (Wildman–Crippen MR) is 62.7 cm³/mol. The van der Waals surface area contributed by atoms with Crippen LogP contribution in [0.15, 0.2) is 0 Å². The van der Waals surface area contributed by atoms with Gasteiger partial charge in [-0.1, -0.05) is 0 Å². The van der Waals surface area contributed by atoms with Gasteiger partial charge in [-0.15, -0.1) is 0 Å². The van der Waals surface area contributed by atoms with Gasteiger partial charge in [-0.05, 0) is 27.7 Å². The van der Waals surface area contributed by atoms with Gasteiger partial charge in [-0.3, -0.25) is 9.59 Å². The van der Waals surface area contributed by atoms with E-state index in [1.54, 1.807) is 4.90 Å². The minimum absolute atomic E-state index is 0.0570. The van der Waals surface area contributed by atoms with Crippen LogP contribution in [0.2, 0.25) is 0 Å². The van der Waals surface area contributed by atoms with Crippen molar-refractivity contribution in [1.82, 2.24) is 4.90 Å². The Morgan fingerprint density at radius 1 is 1.12 bits per heavy atom. The first-order chi connectivity index (χ1) is 7.61. The summed E-state index contributed by atoms with van der Waals surface area (Å²) in [6, 6.07) is 0. The Morgan fingerprint density at radius 3 is 2.00 bits per heavy atom. The minimum Gasteiger partial charge on any atom is -0.481 e. The maximum Gasteiger partial charge on any atom is 0.303 e. The van der Waals surface area contributed by atoms with Crippen LogP contribution in [0, 0.1) is 0 Å². The molecule has 5 nitrogen and oxygen atoms in total. The molecule has 0 atom stereocenters. The van der Waals surface area contributed by atoms with Gasteiger partial charge in [0.15, 0.2) is 0 Å². The molecule has 5 heteroatoms. The highest BCUT2D eigenvalue weighted by Crippen LogP contribution is 2.28. The van der Waals surface area contributed by atoms with Crippen molar-refractivity contribution in [1.29, 1.82) is 0 Å². The van der Waals surface area contributed by atoms with Crippen molar-refractivity contribution in [3.05, 3.63) is 0 Å². The van der Waals surface area contributed by atoms with E-state index in [1.807, 2.05) is 27.7 Å². The zero-order valence-electron chi connectivity index (χ0n) is 10.9. The Bertz CT molecular complexity index is 306. The number of carboxylic acid groups (broad SMARTS) is 1. The van der Waals surface area contributed by atoms with E-state index in [-0.39, 0.29) is 30.0 Å². The zero-order chi connectivity index (χ0) is 13.3. The summed E-state index contributed by atoms with van der Waals surface area (Å²) in [5.41, 5.74) is -0.777. The van der Waals surface area contributed by atoms with Gasteiger partial charge in [0.1, 0.15) is 0 Å². The van der Waals surface area contributed by atoms with Crippen LogP contribution in [0.1, 0.15) is 40.5 Å². The van der Waals surface area contributed by atoms with Gasteiger partial charge in [0.05, 0.1) is 17.6 Å². The molecule has 98 valence electrons. The van der Waals surface area contributed by atoms with Crippen LogP contribution >= 0.6 is 0 Å². The summed E-state index contributed by atoms with van der Waals surface area (Å²) < 4.78 is 5.86. The first-order valence-electron chi connectivity index (χ1n) is 5.81. The third kappa shape index (κ3) is 4.34. The maximum atomic E-state index is 11.9. The van der Waals surface area contributed by atoms with E-state index < -0.39 is 5.97 Å². The lowest BCUT2D eigenvalue weighted by atomic mass is 9.98. The Hall–Kier alpha value is -1.10. The summed E-state index contributed by atoms with van der Waals surface area (Å²) in [5.74, 6) is -1.05. The molecule has 0 aromatic carbocycles. The van der Waals surface area contributed by atoms with Crippen molar-refractivity contribution < 1.29 is 19.4 Å². The topological polar surface area (TPSA) is 66.8 Å². The van der Waals surface area contributed by atoms with E-state index in [0.29, 0.717) is 13.1 Å². The number of nitrogens with zero attached hydrogens (tertiary/aromatic N) is 1. The van der Waals surface area contributed by atoms with Crippen LogP contribution in [0.3, 0.4) is 0 Å². The van der Waals surface area contributed by atoms with Crippen molar-refractivity contribution in [2.75, 3.05) is 13.1 Å². The van der Waals surface area contributed by atoms with E-state index in [1.165, 1.54) is 0 Å². The number of rotatable bonds is 3. The van der Waals surface area contributed by atoms with Crippen molar-refractivity contribution in [2.45, 2.75) is 51.7 Å². The first kappa shape index (κ1) is 14.0. The molecule has 1 rings (SSSR count). The summed E-state index contributed by atoms with van der Waals surface area (Å²) in [4.78, 5) is 24.0. The minimum atomic E-state index is -0.940. The molecule has 1 saturated heterocycles. The SMILES string of the molecule is CC1(C)CN(C(=O)CCC(=O)O)CC(C)(C)O1. The summed E-state index contributed by atoms with van der Waals surface area (Å²) >= 11 is 0. The van der Waals surface area contributed by atoms with Crippen LogP contribution in [0.5, 0.6) is 0 Å². The molecule has 0 radical (unpaired) electrons. The molecule has 0 saturated carbocycles. The van der Waals surface area contributed by atoms with Crippen molar-refractivity contribution >= 4 is 11.9 Å². The van der Waals surface area contributed by atoms with Crippen LogP contribution in [-0.2, 0) is 14.3 Å². The summed E-state index contributed by atoms with van der Waals surface area (Å²) in [6.45, 7) is 8.76. The molecule has 0 aromatic rings. The van der Waals surface area contributed by atoms with Crippen molar-refractivity contribution in [2.24, 2.45) is 0 Å². The second-order valence-electron chi connectivity index (χ2n) is 5.76. The Kier molecular flexibility index (Phi) is 3.81. The Labute approximate surface area is 102 Å². The molecule has 1 aliphatic rings. The molecule has 0 aromatic heterocycles. The van der Waals surface area contributed by atoms with Gasteiger partial charge < -0.3 is 14.7 Å². The van der Waals surface area contributed by atoms with Crippen molar-refractivity contribution in [3.8, 4) is 0 Å². The lowest BCUT2D eigenvalue weighted by molar-refractivity contribution is -0.188. The molecule has 1 heterocycles. The van der Waals surface area contributed by atoms with Crippen LogP contribution in [0.25, 0.3) is 0 Å². The van der Waals surface area contributed by atoms with Gasteiger partial charge >= 0.3 is 5.97 Å². The largest absolute Gasteiger partial charge is 0.481 e. The van der Waals surface area contributed by atoms with Gasteiger partial charge in [0, 0.05) is 19.5 Å². The molecule has 1 aliphatic heterocycles.